The maximum atomic E-state index is 4.65. The van der Waals surface area contributed by atoms with Crippen molar-refractivity contribution >= 4 is 5.82 Å². The van der Waals surface area contributed by atoms with Crippen molar-refractivity contribution in [1.82, 2.24) is 9.97 Å². The van der Waals surface area contributed by atoms with Gasteiger partial charge in [-0.25, -0.2) is 9.97 Å². The van der Waals surface area contributed by atoms with Crippen molar-refractivity contribution in [2.45, 2.75) is 45.4 Å². The minimum Gasteiger partial charge on any atom is -0.373 e. The molecule has 3 heteroatoms. The van der Waals surface area contributed by atoms with Crippen LogP contribution in [-0.2, 0) is 19.3 Å². The molecule has 0 aliphatic heterocycles. The monoisotopic (exact) mass is 205 g/mol. The molecule has 0 aromatic carbocycles. The van der Waals surface area contributed by atoms with E-state index >= 15 is 0 Å². The SMILES string of the molecule is CCCCc1nc2c(c(NC)n1)CCC2. The summed E-state index contributed by atoms with van der Waals surface area (Å²) in [4.78, 5) is 9.23. The highest BCUT2D eigenvalue weighted by molar-refractivity contribution is 5.48. The Morgan fingerprint density at radius 2 is 2.13 bits per heavy atom. The lowest BCUT2D eigenvalue weighted by atomic mass is 10.2. The van der Waals surface area contributed by atoms with Crippen LogP contribution < -0.4 is 5.32 Å². The molecule has 1 aromatic heterocycles. The summed E-state index contributed by atoms with van der Waals surface area (Å²) in [6.45, 7) is 2.20. The van der Waals surface area contributed by atoms with Crippen LogP contribution in [0.2, 0.25) is 0 Å². The highest BCUT2D eigenvalue weighted by Gasteiger charge is 2.18. The molecule has 0 amide bonds. The van der Waals surface area contributed by atoms with Crippen LogP contribution in [0.1, 0.15) is 43.3 Å². The Bertz CT molecular complexity index is 347. The van der Waals surface area contributed by atoms with E-state index in [2.05, 4.69) is 22.2 Å². The van der Waals surface area contributed by atoms with E-state index in [1.165, 1.54) is 30.5 Å². The van der Waals surface area contributed by atoms with E-state index in [1.807, 2.05) is 7.05 Å². The minimum absolute atomic E-state index is 1.01. The molecule has 1 aromatic rings. The number of fused-ring (bicyclic) bond motifs is 1. The molecule has 1 aliphatic carbocycles. The number of unbranched alkanes of at least 4 members (excludes halogenated alkanes) is 1. The molecule has 1 heterocycles. The predicted octanol–water partition coefficient (Wildman–Crippen LogP) is 2.35. The quantitative estimate of drug-likeness (QED) is 0.820. The molecule has 0 atom stereocenters. The van der Waals surface area contributed by atoms with Crippen molar-refractivity contribution < 1.29 is 0 Å². The number of nitrogens with one attached hydrogen (secondary N) is 1. The fraction of sp³-hybridized carbons (Fsp3) is 0.667. The second-order valence-corrected chi connectivity index (χ2v) is 4.12. The van der Waals surface area contributed by atoms with E-state index in [-0.39, 0.29) is 0 Å². The van der Waals surface area contributed by atoms with Gasteiger partial charge in [-0.2, -0.15) is 0 Å². The van der Waals surface area contributed by atoms with Gasteiger partial charge in [-0.05, 0) is 25.7 Å². The largest absolute Gasteiger partial charge is 0.373 e. The zero-order valence-electron chi connectivity index (χ0n) is 9.64. The van der Waals surface area contributed by atoms with Gasteiger partial charge < -0.3 is 5.32 Å². The number of aryl methyl sites for hydroxylation is 2. The van der Waals surface area contributed by atoms with Gasteiger partial charge in [0, 0.05) is 24.7 Å². The topological polar surface area (TPSA) is 37.8 Å². The predicted molar refractivity (Wildman–Crippen MR) is 62.2 cm³/mol. The molecule has 82 valence electrons. The molecule has 0 bridgehead atoms. The first-order chi connectivity index (χ1) is 7.35. The summed E-state index contributed by atoms with van der Waals surface area (Å²) in [5.74, 6) is 2.07. The molecule has 0 unspecified atom stereocenters. The maximum absolute atomic E-state index is 4.65. The van der Waals surface area contributed by atoms with Gasteiger partial charge >= 0.3 is 0 Å². The smallest absolute Gasteiger partial charge is 0.132 e. The number of hydrogen-bond acceptors (Lipinski definition) is 3. The third kappa shape index (κ3) is 2.11. The van der Waals surface area contributed by atoms with E-state index in [0.717, 1.165) is 30.9 Å². The zero-order chi connectivity index (χ0) is 10.7. The summed E-state index contributed by atoms with van der Waals surface area (Å²) in [5, 5.41) is 3.19. The molecule has 1 N–H and O–H groups in total. The number of anilines is 1. The van der Waals surface area contributed by atoms with Crippen LogP contribution in [-0.4, -0.2) is 17.0 Å². The average molecular weight is 205 g/mol. The molecule has 1 aliphatic rings. The molecular formula is C12H19N3. The van der Waals surface area contributed by atoms with E-state index in [9.17, 15) is 0 Å². The van der Waals surface area contributed by atoms with Crippen molar-refractivity contribution in [1.29, 1.82) is 0 Å². The molecule has 2 rings (SSSR count). The molecule has 0 radical (unpaired) electrons. The molecule has 0 fully saturated rings. The van der Waals surface area contributed by atoms with Crippen LogP contribution in [0, 0.1) is 0 Å². The van der Waals surface area contributed by atoms with E-state index in [0.29, 0.717) is 0 Å². The average Bonchev–Trinajstić information content (AvgIpc) is 2.73. The first-order valence-electron chi connectivity index (χ1n) is 5.91. The Balaban J connectivity index is 2.26. The van der Waals surface area contributed by atoms with Crippen LogP contribution in [0.5, 0.6) is 0 Å². The van der Waals surface area contributed by atoms with Crippen molar-refractivity contribution in [3.8, 4) is 0 Å². The first kappa shape index (κ1) is 10.4. The van der Waals surface area contributed by atoms with Gasteiger partial charge in [0.05, 0.1) is 0 Å². The van der Waals surface area contributed by atoms with Gasteiger partial charge in [0.15, 0.2) is 0 Å². The molecule has 0 saturated carbocycles. The van der Waals surface area contributed by atoms with Gasteiger partial charge in [0.1, 0.15) is 11.6 Å². The zero-order valence-corrected chi connectivity index (χ0v) is 9.64. The summed E-state index contributed by atoms with van der Waals surface area (Å²) in [7, 11) is 1.95. The maximum Gasteiger partial charge on any atom is 0.132 e. The first-order valence-corrected chi connectivity index (χ1v) is 5.91. The summed E-state index contributed by atoms with van der Waals surface area (Å²) >= 11 is 0. The molecule has 3 nitrogen and oxygen atoms in total. The Kier molecular flexibility index (Phi) is 3.19. The number of nitrogens with zero attached hydrogens (tertiary/aromatic N) is 2. The number of rotatable bonds is 4. The fourth-order valence-electron chi connectivity index (χ4n) is 2.14. The fourth-order valence-corrected chi connectivity index (χ4v) is 2.14. The Labute approximate surface area is 91.3 Å². The van der Waals surface area contributed by atoms with E-state index in [1.54, 1.807) is 0 Å². The van der Waals surface area contributed by atoms with E-state index < -0.39 is 0 Å². The lowest BCUT2D eigenvalue weighted by Crippen LogP contribution is -2.05. The minimum atomic E-state index is 1.01. The lowest BCUT2D eigenvalue weighted by molar-refractivity contribution is 0.745. The van der Waals surface area contributed by atoms with Crippen molar-refractivity contribution in [3.05, 3.63) is 17.1 Å². The number of aromatic nitrogens is 2. The van der Waals surface area contributed by atoms with E-state index in [4.69, 9.17) is 0 Å². The van der Waals surface area contributed by atoms with Crippen LogP contribution in [0.15, 0.2) is 0 Å². The van der Waals surface area contributed by atoms with Crippen LogP contribution in [0.3, 0.4) is 0 Å². The lowest BCUT2D eigenvalue weighted by Gasteiger charge is -2.08. The summed E-state index contributed by atoms with van der Waals surface area (Å²) in [5.41, 5.74) is 2.62. The van der Waals surface area contributed by atoms with Crippen molar-refractivity contribution in [2.24, 2.45) is 0 Å². The molecule has 15 heavy (non-hydrogen) atoms. The Hall–Kier alpha value is -1.12. The third-order valence-electron chi connectivity index (χ3n) is 2.97. The second kappa shape index (κ2) is 4.60. The van der Waals surface area contributed by atoms with Crippen molar-refractivity contribution in [2.75, 3.05) is 12.4 Å². The summed E-state index contributed by atoms with van der Waals surface area (Å²) in [6, 6.07) is 0. The molecule has 0 saturated heterocycles. The van der Waals surface area contributed by atoms with Gasteiger partial charge in [-0.3, -0.25) is 0 Å². The Morgan fingerprint density at radius 3 is 2.87 bits per heavy atom. The second-order valence-electron chi connectivity index (χ2n) is 4.12. The van der Waals surface area contributed by atoms with Crippen LogP contribution in [0.25, 0.3) is 0 Å². The summed E-state index contributed by atoms with van der Waals surface area (Å²) < 4.78 is 0. The molecule has 0 spiro atoms. The summed E-state index contributed by atoms with van der Waals surface area (Å²) in [6.07, 6.45) is 6.90. The highest BCUT2D eigenvalue weighted by Crippen LogP contribution is 2.26. The van der Waals surface area contributed by atoms with Gasteiger partial charge in [-0.15, -0.1) is 0 Å². The van der Waals surface area contributed by atoms with Gasteiger partial charge in [-0.1, -0.05) is 13.3 Å². The standard InChI is InChI=1S/C12H19N3/c1-3-4-8-11-14-10-7-5-6-9(10)12(13-2)15-11/h3-8H2,1-2H3,(H,13,14,15). The Morgan fingerprint density at radius 1 is 1.27 bits per heavy atom. The van der Waals surface area contributed by atoms with Gasteiger partial charge in [0.2, 0.25) is 0 Å². The van der Waals surface area contributed by atoms with Gasteiger partial charge in [0.25, 0.3) is 0 Å². The highest BCUT2D eigenvalue weighted by atomic mass is 15.0. The normalized spacial score (nSPS) is 14.0. The number of hydrogen-bond donors (Lipinski definition) is 1. The van der Waals surface area contributed by atoms with Crippen LogP contribution >= 0.6 is 0 Å². The third-order valence-corrected chi connectivity index (χ3v) is 2.97. The van der Waals surface area contributed by atoms with Crippen LogP contribution in [0.4, 0.5) is 5.82 Å². The molecular weight excluding hydrogens is 186 g/mol. The van der Waals surface area contributed by atoms with Crippen molar-refractivity contribution in [3.63, 3.8) is 0 Å².